The van der Waals surface area contributed by atoms with E-state index < -0.39 is 5.97 Å². The Balaban J connectivity index is 1.48. The van der Waals surface area contributed by atoms with Gasteiger partial charge in [0, 0.05) is 0 Å². The predicted octanol–water partition coefficient (Wildman–Crippen LogP) is 3.97. The van der Waals surface area contributed by atoms with Crippen LogP contribution in [0, 0.1) is 11.8 Å². The second-order valence-electron chi connectivity index (χ2n) is 8.53. The maximum atomic E-state index is 12.8. The van der Waals surface area contributed by atoms with Gasteiger partial charge >= 0.3 is 5.97 Å². The van der Waals surface area contributed by atoms with Crippen molar-refractivity contribution in [1.29, 1.82) is 0 Å². The number of hydrogen-bond acceptors (Lipinski definition) is 8. The molecular formula is C26H28N2O7. The number of ether oxygens (including phenoxy) is 3. The number of anilines is 1. The van der Waals surface area contributed by atoms with Gasteiger partial charge in [-0.05, 0) is 49.6 Å². The molecule has 0 bridgehead atoms. The van der Waals surface area contributed by atoms with Gasteiger partial charge in [0.15, 0.2) is 11.5 Å². The van der Waals surface area contributed by atoms with Gasteiger partial charge in [-0.1, -0.05) is 30.1 Å². The highest BCUT2D eigenvalue weighted by Crippen LogP contribution is 2.40. The highest BCUT2D eigenvalue weighted by molar-refractivity contribution is 6.22. The van der Waals surface area contributed by atoms with Gasteiger partial charge in [0.05, 0.1) is 50.1 Å². The van der Waals surface area contributed by atoms with Gasteiger partial charge in [-0.25, -0.2) is 4.79 Å². The first-order valence-electron chi connectivity index (χ1n) is 11.4. The van der Waals surface area contributed by atoms with Crippen LogP contribution in [0.5, 0.6) is 17.2 Å². The molecule has 9 heteroatoms. The fourth-order valence-electron chi connectivity index (χ4n) is 4.68. The van der Waals surface area contributed by atoms with E-state index in [-0.39, 0.29) is 29.2 Å². The first-order valence-corrected chi connectivity index (χ1v) is 11.4. The van der Waals surface area contributed by atoms with Crippen LogP contribution in [0.25, 0.3) is 0 Å². The van der Waals surface area contributed by atoms with Crippen LogP contribution in [0.1, 0.15) is 48.5 Å². The molecule has 2 amide bonds. The van der Waals surface area contributed by atoms with E-state index in [2.05, 4.69) is 5.16 Å². The van der Waals surface area contributed by atoms with Crippen LogP contribution in [-0.4, -0.2) is 44.8 Å². The van der Waals surface area contributed by atoms with E-state index in [1.807, 2.05) is 0 Å². The fourth-order valence-corrected chi connectivity index (χ4v) is 4.68. The number of hydrogen-bond donors (Lipinski definition) is 0. The van der Waals surface area contributed by atoms with Gasteiger partial charge in [0.1, 0.15) is 0 Å². The summed E-state index contributed by atoms with van der Waals surface area (Å²) < 4.78 is 15.8. The van der Waals surface area contributed by atoms with Crippen molar-refractivity contribution in [2.75, 3.05) is 26.2 Å². The SMILES string of the molecule is COc1cc(C(=O)ON=C(C)c2ccc(N3C(=O)C4CCCCC4C3=O)cc2)cc(OC)c1OC. The first-order chi connectivity index (χ1) is 16.9. The lowest BCUT2D eigenvalue weighted by Gasteiger charge is -2.19. The Kier molecular flexibility index (Phi) is 7.04. The standard InChI is InChI=1S/C26H28N2O7/c1-15(27-35-26(31)17-13-21(32-2)23(34-4)22(14-17)33-3)16-9-11-18(12-10-16)28-24(29)19-7-5-6-8-20(19)25(28)30/h9-14,19-20H,5-8H2,1-4H3. The zero-order chi connectivity index (χ0) is 25.1. The third-order valence-electron chi connectivity index (χ3n) is 6.55. The Morgan fingerprint density at radius 2 is 1.40 bits per heavy atom. The van der Waals surface area contributed by atoms with Gasteiger partial charge in [0.2, 0.25) is 17.6 Å². The van der Waals surface area contributed by atoms with Gasteiger partial charge in [-0.15, -0.1) is 0 Å². The van der Waals surface area contributed by atoms with E-state index in [4.69, 9.17) is 19.0 Å². The van der Waals surface area contributed by atoms with E-state index in [0.717, 1.165) is 25.7 Å². The highest BCUT2D eigenvalue weighted by Gasteiger charge is 2.48. The van der Waals surface area contributed by atoms with Crippen LogP contribution < -0.4 is 19.1 Å². The topological polar surface area (TPSA) is 104 Å². The number of rotatable bonds is 7. The van der Waals surface area contributed by atoms with Gasteiger partial charge < -0.3 is 19.0 Å². The molecule has 1 heterocycles. The van der Waals surface area contributed by atoms with Crippen LogP contribution in [0.3, 0.4) is 0 Å². The molecule has 2 fully saturated rings. The second kappa shape index (κ2) is 10.2. The Labute approximate surface area is 203 Å². The molecule has 0 aromatic heterocycles. The number of benzene rings is 2. The third kappa shape index (κ3) is 4.58. The zero-order valence-corrected chi connectivity index (χ0v) is 20.2. The van der Waals surface area contributed by atoms with Crippen molar-refractivity contribution in [3.63, 3.8) is 0 Å². The van der Waals surface area contributed by atoms with Crippen LogP contribution in [0.4, 0.5) is 5.69 Å². The smallest absolute Gasteiger partial charge is 0.366 e. The van der Waals surface area contributed by atoms with E-state index in [9.17, 15) is 14.4 Å². The lowest BCUT2D eigenvalue weighted by atomic mass is 9.81. The minimum atomic E-state index is -0.698. The Morgan fingerprint density at radius 3 is 1.89 bits per heavy atom. The quantitative estimate of drug-likeness (QED) is 0.256. The summed E-state index contributed by atoms with van der Waals surface area (Å²) in [6.07, 6.45) is 3.51. The molecule has 35 heavy (non-hydrogen) atoms. The number of amides is 2. The van der Waals surface area contributed by atoms with Crippen molar-refractivity contribution in [2.24, 2.45) is 17.0 Å². The molecule has 9 nitrogen and oxygen atoms in total. The maximum absolute atomic E-state index is 12.8. The molecule has 0 spiro atoms. The van der Waals surface area contributed by atoms with E-state index in [1.54, 1.807) is 31.2 Å². The molecule has 4 rings (SSSR count). The molecular weight excluding hydrogens is 452 g/mol. The Morgan fingerprint density at radius 1 is 0.857 bits per heavy atom. The number of methoxy groups -OCH3 is 3. The minimum absolute atomic E-state index is 0.114. The zero-order valence-electron chi connectivity index (χ0n) is 20.2. The monoisotopic (exact) mass is 480 g/mol. The second-order valence-corrected chi connectivity index (χ2v) is 8.53. The minimum Gasteiger partial charge on any atom is -0.493 e. The van der Waals surface area contributed by atoms with Crippen LogP contribution in [0.15, 0.2) is 41.6 Å². The number of carbonyl (C=O) groups is 3. The molecule has 1 aliphatic heterocycles. The summed E-state index contributed by atoms with van der Waals surface area (Å²) >= 11 is 0. The first kappa shape index (κ1) is 24.3. The van der Waals surface area contributed by atoms with Crippen molar-refractivity contribution >= 4 is 29.2 Å². The average molecular weight is 481 g/mol. The fraction of sp³-hybridized carbons (Fsp3) is 0.385. The summed E-state index contributed by atoms with van der Waals surface area (Å²) in [4.78, 5) is 44.6. The molecule has 1 saturated carbocycles. The Bertz CT molecular complexity index is 1120. The molecule has 2 aromatic rings. The highest BCUT2D eigenvalue weighted by atomic mass is 16.7. The third-order valence-corrected chi connectivity index (χ3v) is 6.55. The number of fused-ring (bicyclic) bond motifs is 1. The van der Waals surface area contributed by atoms with Crippen molar-refractivity contribution < 1.29 is 33.4 Å². The molecule has 1 saturated heterocycles. The van der Waals surface area contributed by atoms with Crippen molar-refractivity contribution in [3.8, 4) is 17.2 Å². The molecule has 2 unspecified atom stereocenters. The van der Waals surface area contributed by atoms with Crippen LogP contribution in [0.2, 0.25) is 0 Å². The molecule has 0 N–H and O–H groups in total. The predicted molar refractivity (Wildman–Crippen MR) is 128 cm³/mol. The number of carbonyl (C=O) groups excluding carboxylic acids is 3. The van der Waals surface area contributed by atoms with Gasteiger partial charge in [0.25, 0.3) is 0 Å². The summed E-state index contributed by atoms with van der Waals surface area (Å²) in [5.74, 6) is -0.324. The van der Waals surface area contributed by atoms with E-state index >= 15 is 0 Å². The summed E-state index contributed by atoms with van der Waals surface area (Å²) in [5, 5.41) is 3.95. The summed E-state index contributed by atoms with van der Waals surface area (Å²) in [6, 6.07) is 9.86. The van der Waals surface area contributed by atoms with Crippen molar-refractivity contribution in [2.45, 2.75) is 32.6 Å². The molecule has 2 aromatic carbocycles. The lowest BCUT2D eigenvalue weighted by molar-refractivity contribution is -0.122. The van der Waals surface area contributed by atoms with Crippen LogP contribution >= 0.6 is 0 Å². The summed E-state index contributed by atoms with van der Waals surface area (Å²) in [7, 11) is 4.38. The summed E-state index contributed by atoms with van der Waals surface area (Å²) in [5.41, 5.74) is 1.85. The largest absolute Gasteiger partial charge is 0.493 e. The maximum Gasteiger partial charge on any atom is 0.366 e. The lowest BCUT2D eigenvalue weighted by Crippen LogP contribution is -2.30. The summed E-state index contributed by atoms with van der Waals surface area (Å²) in [6.45, 7) is 1.69. The molecule has 2 aliphatic rings. The number of oxime groups is 1. The molecule has 1 aliphatic carbocycles. The van der Waals surface area contributed by atoms with E-state index in [1.165, 1.54) is 38.4 Å². The molecule has 184 valence electrons. The average Bonchev–Trinajstić information content (AvgIpc) is 3.15. The van der Waals surface area contributed by atoms with Gasteiger partial charge in [-0.3, -0.25) is 14.5 Å². The number of imide groups is 1. The Hall–Kier alpha value is -3.88. The molecule has 2 atom stereocenters. The van der Waals surface area contributed by atoms with Gasteiger partial charge in [-0.2, -0.15) is 0 Å². The molecule has 0 radical (unpaired) electrons. The van der Waals surface area contributed by atoms with Crippen LogP contribution in [-0.2, 0) is 14.4 Å². The van der Waals surface area contributed by atoms with E-state index in [0.29, 0.717) is 34.2 Å². The van der Waals surface area contributed by atoms with Crippen molar-refractivity contribution in [3.05, 3.63) is 47.5 Å². The normalized spacial score (nSPS) is 19.9. The number of nitrogens with zero attached hydrogens (tertiary/aromatic N) is 2. The van der Waals surface area contributed by atoms with Crippen molar-refractivity contribution in [1.82, 2.24) is 0 Å².